The van der Waals surface area contributed by atoms with Crippen molar-refractivity contribution in [2.24, 2.45) is 0 Å². The predicted octanol–water partition coefficient (Wildman–Crippen LogP) is 1.89. The molecule has 1 aliphatic carbocycles. The standard InChI is InChI=1S/C15H28N2O/c1-2-17(14-5-3-4-6-15(14)18)13-9-11-7-8-12(10-13)16-11/h11-16,18H,2-10H2,1H3. The highest BCUT2D eigenvalue weighted by molar-refractivity contribution is 4.98. The molecule has 2 heterocycles. The normalized spacial score (nSPS) is 44.5. The lowest BCUT2D eigenvalue weighted by atomic mass is 9.88. The third-order valence-electron chi connectivity index (χ3n) is 5.40. The van der Waals surface area contributed by atoms with E-state index in [-0.39, 0.29) is 6.10 Å². The SMILES string of the molecule is CCN(C1CC2CCC(C1)N2)C1CCCCC1O. The van der Waals surface area contributed by atoms with Crippen LogP contribution in [0.4, 0.5) is 0 Å². The van der Waals surface area contributed by atoms with Gasteiger partial charge in [0.1, 0.15) is 0 Å². The summed E-state index contributed by atoms with van der Waals surface area (Å²) in [6.07, 6.45) is 9.99. The number of likely N-dealkylation sites (N-methyl/N-ethyl adjacent to an activating group) is 1. The third-order valence-corrected chi connectivity index (χ3v) is 5.40. The van der Waals surface area contributed by atoms with Crippen molar-refractivity contribution in [1.29, 1.82) is 0 Å². The van der Waals surface area contributed by atoms with Gasteiger partial charge in [0.25, 0.3) is 0 Å². The van der Waals surface area contributed by atoms with Gasteiger partial charge < -0.3 is 10.4 Å². The van der Waals surface area contributed by atoms with E-state index in [1.165, 1.54) is 44.9 Å². The highest BCUT2D eigenvalue weighted by atomic mass is 16.3. The van der Waals surface area contributed by atoms with E-state index < -0.39 is 0 Å². The smallest absolute Gasteiger partial charge is 0.0695 e. The van der Waals surface area contributed by atoms with Gasteiger partial charge in [0.2, 0.25) is 0 Å². The van der Waals surface area contributed by atoms with Gasteiger partial charge in [-0.15, -0.1) is 0 Å². The van der Waals surface area contributed by atoms with Crippen LogP contribution in [-0.2, 0) is 0 Å². The van der Waals surface area contributed by atoms with Crippen molar-refractivity contribution < 1.29 is 5.11 Å². The average Bonchev–Trinajstić information content (AvgIpc) is 2.72. The minimum Gasteiger partial charge on any atom is -0.391 e. The molecular formula is C15H28N2O. The van der Waals surface area contributed by atoms with Crippen LogP contribution in [0.25, 0.3) is 0 Å². The van der Waals surface area contributed by atoms with Crippen LogP contribution in [0.2, 0.25) is 0 Å². The van der Waals surface area contributed by atoms with Gasteiger partial charge in [0, 0.05) is 24.2 Å². The number of hydrogen-bond donors (Lipinski definition) is 2. The lowest BCUT2D eigenvalue weighted by Gasteiger charge is -2.44. The maximum atomic E-state index is 10.3. The average molecular weight is 252 g/mol. The Balaban J connectivity index is 1.67. The number of aliphatic hydroxyl groups excluding tert-OH is 1. The molecule has 0 aromatic heterocycles. The second kappa shape index (κ2) is 5.48. The molecule has 0 aromatic rings. The van der Waals surface area contributed by atoms with Crippen LogP contribution in [-0.4, -0.2) is 46.8 Å². The minimum absolute atomic E-state index is 0.0776. The molecule has 2 N–H and O–H groups in total. The molecule has 3 rings (SSSR count). The Hall–Kier alpha value is -0.120. The van der Waals surface area contributed by atoms with Crippen molar-refractivity contribution >= 4 is 0 Å². The van der Waals surface area contributed by atoms with Gasteiger partial charge in [-0.1, -0.05) is 19.8 Å². The van der Waals surface area contributed by atoms with Gasteiger partial charge in [-0.2, -0.15) is 0 Å². The first kappa shape index (κ1) is 12.9. The number of aliphatic hydroxyl groups is 1. The molecule has 3 nitrogen and oxygen atoms in total. The first-order chi connectivity index (χ1) is 8.78. The third kappa shape index (κ3) is 2.45. The molecular weight excluding hydrogens is 224 g/mol. The van der Waals surface area contributed by atoms with Crippen molar-refractivity contribution in [2.75, 3.05) is 6.54 Å². The second-order valence-corrected chi connectivity index (χ2v) is 6.51. The molecule has 18 heavy (non-hydrogen) atoms. The molecule has 3 aliphatic rings. The van der Waals surface area contributed by atoms with Gasteiger partial charge in [-0.3, -0.25) is 4.90 Å². The maximum Gasteiger partial charge on any atom is 0.0695 e. The van der Waals surface area contributed by atoms with Crippen molar-refractivity contribution in [3.05, 3.63) is 0 Å². The van der Waals surface area contributed by atoms with Crippen LogP contribution < -0.4 is 5.32 Å². The molecule has 4 unspecified atom stereocenters. The van der Waals surface area contributed by atoms with E-state index in [1.807, 2.05) is 0 Å². The Kier molecular flexibility index (Phi) is 3.92. The van der Waals surface area contributed by atoms with E-state index in [0.29, 0.717) is 12.1 Å². The Morgan fingerprint density at radius 1 is 1.06 bits per heavy atom. The Morgan fingerprint density at radius 3 is 2.33 bits per heavy atom. The fourth-order valence-corrected chi connectivity index (χ4v) is 4.54. The van der Waals surface area contributed by atoms with E-state index in [0.717, 1.165) is 25.0 Å². The van der Waals surface area contributed by atoms with Gasteiger partial charge in [0.05, 0.1) is 6.10 Å². The van der Waals surface area contributed by atoms with Crippen molar-refractivity contribution in [1.82, 2.24) is 10.2 Å². The quantitative estimate of drug-likeness (QED) is 0.805. The zero-order valence-electron chi connectivity index (χ0n) is 11.6. The van der Waals surface area contributed by atoms with E-state index in [1.54, 1.807) is 0 Å². The van der Waals surface area contributed by atoms with E-state index >= 15 is 0 Å². The zero-order chi connectivity index (χ0) is 12.5. The summed E-state index contributed by atoms with van der Waals surface area (Å²) in [5.74, 6) is 0. The number of nitrogens with one attached hydrogen (secondary N) is 1. The topological polar surface area (TPSA) is 35.5 Å². The lowest BCUT2D eigenvalue weighted by molar-refractivity contribution is -0.00984. The Bertz CT molecular complexity index is 272. The predicted molar refractivity (Wildman–Crippen MR) is 73.6 cm³/mol. The van der Waals surface area contributed by atoms with E-state index in [2.05, 4.69) is 17.1 Å². The van der Waals surface area contributed by atoms with Crippen LogP contribution in [0.15, 0.2) is 0 Å². The molecule has 3 fully saturated rings. The molecule has 2 aliphatic heterocycles. The first-order valence-corrected chi connectivity index (χ1v) is 7.97. The van der Waals surface area contributed by atoms with Gasteiger partial charge in [-0.25, -0.2) is 0 Å². The molecule has 2 bridgehead atoms. The summed E-state index contributed by atoms with van der Waals surface area (Å²) in [5.41, 5.74) is 0. The number of hydrogen-bond acceptors (Lipinski definition) is 3. The molecule has 0 radical (unpaired) electrons. The Labute approximate surface area is 111 Å². The highest BCUT2D eigenvalue weighted by Gasteiger charge is 2.39. The molecule has 4 atom stereocenters. The van der Waals surface area contributed by atoms with Crippen LogP contribution in [0.3, 0.4) is 0 Å². The van der Waals surface area contributed by atoms with E-state index in [4.69, 9.17) is 0 Å². The lowest BCUT2D eigenvalue weighted by Crippen LogP contribution is -2.55. The molecule has 0 spiro atoms. The summed E-state index contributed by atoms with van der Waals surface area (Å²) in [4.78, 5) is 2.63. The van der Waals surface area contributed by atoms with Crippen molar-refractivity contribution in [3.8, 4) is 0 Å². The summed E-state index contributed by atoms with van der Waals surface area (Å²) in [5, 5.41) is 14.0. The summed E-state index contributed by atoms with van der Waals surface area (Å²) in [6, 6.07) is 2.66. The minimum atomic E-state index is -0.0776. The van der Waals surface area contributed by atoms with Gasteiger partial charge in [-0.05, 0) is 45.1 Å². The van der Waals surface area contributed by atoms with Gasteiger partial charge >= 0.3 is 0 Å². The van der Waals surface area contributed by atoms with Crippen molar-refractivity contribution in [2.45, 2.75) is 88.6 Å². The van der Waals surface area contributed by atoms with Crippen LogP contribution in [0, 0.1) is 0 Å². The maximum absolute atomic E-state index is 10.3. The number of fused-ring (bicyclic) bond motifs is 2. The highest BCUT2D eigenvalue weighted by Crippen LogP contribution is 2.33. The van der Waals surface area contributed by atoms with Crippen molar-refractivity contribution in [3.63, 3.8) is 0 Å². The first-order valence-electron chi connectivity index (χ1n) is 7.97. The molecule has 3 heteroatoms. The molecule has 104 valence electrons. The summed E-state index contributed by atoms with van der Waals surface area (Å²) in [7, 11) is 0. The fourth-order valence-electron chi connectivity index (χ4n) is 4.54. The number of nitrogens with zero attached hydrogens (tertiary/aromatic N) is 1. The molecule has 1 saturated carbocycles. The summed E-state index contributed by atoms with van der Waals surface area (Å²) >= 11 is 0. The fraction of sp³-hybridized carbons (Fsp3) is 1.00. The van der Waals surface area contributed by atoms with Gasteiger partial charge in [0.15, 0.2) is 0 Å². The molecule has 0 aromatic carbocycles. The molecule has 0 amide bonds. The van der Waals surface area contributed by atoms with Crippen LogP contribution in [0.1, 0.15) is 58.3 Å². The second-order valence-electron chi connectivity index (χ2n) is 6.51. The van der Waals surface area contributed by atoms with Crippen LogP contribution >= 0.6 is 0 Å². The zero-order valence-corrected chi connectivity index (χ0v) is 11.6. The molecule has 2 saturated heterocycles. The summed E-state index contributed by atoms with van der Waals surface area (Å²) < 4.78 is 0. The van der Waals surface area contributed by atoms with E-state index in [9.17, 15) is 5.11 Å². The number of rotatable bonds is 3. The Morgan fingerprint density at radius 2 is 1.72 bits per heavy atom. The number of piperidine rings is 1. The summed E-state index contributed by atoms with van der Waals surface area (Å²) in [6.45, 7) is 3.37. The van der Waals surface area contributed by atoms with Crippen LogP contribution in [0.5, 0.6) is 0 Å². The largest absolute Gasteiger partial charge is 0.391 e. The monoisotopic (exact) mass is 252 g/mol.